The Morgan fingerprint density at radius 3 is 2.62 bits per heavy atom. The number of carbonyl (C=O) groups is 1. The molecule has 8 heavy (non-hydrogen) atoms. The lowest BCUT2D eigenvalue weighted by atomic mass is 10.0. The zero-order valence-corrected chi connectivity index (χ0v) is 5.62. The smallest absolute Gasteiger partial charge is 0.208 e. The molecule has 3 heteroatoms. The molecule has 46 valence electrons. The number of rotatable bonds is 0. The molecule has 1 rings (SSSR count). The van der Waals surface area contributed by atoms with E-state index in [1.54, 1.807) is 6.92 Å². The first-order valence-corrected chi connectivity index (χ1v) is 3.57. The summed E-state index contributed by atoms with van der Waals surface area (Å²) in [5, 5.41) is 0.137. The summed E-state index contributed by atoms with van der Waals surface area (Å²) in [7, 11) is 0. The third kappa shape index (κ3) is 0.880. The van der Waals surface area contributed by atoms with E-state index in [0.717, 1.165) is 12.2 Å². The number of hydrogen-bond acceptors (Lipinski definition) is 3. The molecule has 0 aromatic carbocycles. The van der Waals surface area contributed by atoms with Crippen molar-refractivity contribution in [2.24, 2.45) is 5.73 Å². The fourth-order valence-corrected chi connectivity index (χ4v) is 1.77. The van der Waals surface area contributed by atoms with Gasteiger partial charge < -0.3 is 5.73 Å². The number of hydrogen-bond donors (Lipinski definition) is 1. The van der Waals surface area contributed by atoms with Crippen molar-refractivity contribution in [3.8, 4) is 0 Å². The van der Waals surface area contributed by atoms with Gasteiger partial charge in [0.2, 0.25) is 5.12 Å². The lowest BCUT2D eigenvalue weighted by Crippen LogP contribution is -2.39. The van der Waals surface area contributed by atoms with E-state index in [4.69, 9.17) is 5.73 Å². The van der Waals surface area contributed by atoms with Crippen LogP contribution in [-0.2, 0) is 4.79 Å². The lowest BCUT2D eigenvalue weighted by Gasteiger charge is -2.11. The van der Waals surface area contributed by atoms with Gasteiger partial charge in [-0.1, -0.05) is 11.8 Å². The average Bonchev–Trinajstić information content (AvgIpc) is 1.86. The maximum absolute atomic E-state index is 10.7. The molecule has 1 unspecified atom stereocenters. The van der Waals surface area contributed by atoms with Gasteiger partial charge in [-0.15, -0.1) is 0 Å². The van der Waals surface area contributed by atoms with E-state index in [2.05, 4.69) is 0 Å². The van der Waals surface area contributed by atoms with Crippen LogP contribution in [0.15, 0.2) is 0 Å². The highest BCUT2D eigenvalue weighted by Gasteiger charge is 2.33. The monoisotopic (exact) mass is 131 g/mol. The average molecular weight is 131 g/mol. The van der Waals surface area contributed by atoms with Crippen molar-refractivity contribution < 1.29 is 4.79 Å². The second-order valence-corrected chi connectivity index (χ2v) is 3.37. The predicted molar refractivity (Wildman–Crippen MR) is 34.7 cm³/mol. The summed E-state index contributed by atoms with van der Waals surface area (Å²) in [6.07, 6.45) is 0.830. The van der Waals surface area contributed by atoms with E-state index >= 15 is 0 Å². The van der Waals surface area contributed by atoms with Crippen molar-refractivity contribution in [2.75, 3.05) is 5.75 Å². The van der Waals surface area contributed by atoms with Crippen molar-refractivity contribution >= 4 is 16.9 Å². The topological polar surface area (TPSA) is 43.1 Å². The normalized spacial score (nSPS) is 38.5. The summed E-state index contributed by atoms with van der Waals surface area (Å²) in [5.41, 5.74) is 5.03. The van der Waals surface area contributed by atoms with Gasteiger partial charge in [0, 0.05) is 5.75 Å². The molecule has 0 aliphatic carbocycles. The minimum absolute atomic E-state index is 0.137. The molecule has 1 heterocycles. The Bertz CT molecular complexity index is 122. The van der Waals surface area contributed by atoms with Gasteiger partial charge in [-0.05, 0) is 13.3 Å². The van der Waals surface area contributed by atoms with Crippen molar-refractivity contribution in [2.45, 2.75) is 18.9 Å². The molecule has 0 aromatic heterocycles. The molecule has 0 amide bonds. The molecule has 0 radical (unpaired) electrons. The number of nitrogens with two attached hydrogens (primary N) is 1. The molecule has 0 saturated carbocycles. The lowest BCUT2D eigenvalue weighted by molar-refractivity contribution is -0.114. The van der Waals surface area contributed by atoms with Gasteiger partial charge in [0.25, 0.3) is 0 Å². The second kappa shape index (κ2) is 1.74. The van der Waals surface area contributed by atoms with Gasteiger partial charge in [-0.3, -0.25) is 4.79 Å². The maximum Gasteiger partial charge on any atom is 0.208 e. The van der Waals surface area contributed by atoms with Crippen LogP contribution in [0.25, 0.3) is 0 Å². The predicted octanol–water partition coefficient (Wildman–Crippen LogP) is 0.367. The van der Waals surface area contributed by atoms with Crippen LogP contribution in [0.1, 0.15) is 13.3 Å². The second-order valence-electron chi connectivity index (χ2n) is 2.30. The van der Waals surface area contributed by atoms with Gasteiger partial charge in [0.1, 0.15) is 0 Å². The molecule has 1 atom stereocenters. The molecular weight excluding hydrogens is 122 g/mol. The molecule has 1 saturated heterocycles. The zero-order valence-electron chi connectivity index (χ0n) is 4.81. The first-order chi connectivity index (χ1) is 3.63. The summed E-state index contributed by atoms with van der Waals surface area (Å²) < 4.78 is 0. The molecule has 2 N–H and O–H groups in total. The van der Waals surface area contributed by atoms with Crippen LogP contribution in [0.3, 0.4) is 0 Å². The van der Waals surface area contributed by atoms with Crippen LogP contribution in [0.5, 0.6) is 0 Å². The molecule has 1 aliphatic rings. The third-order valence-corrected chi connectivity index (χ3v) is 2.46. The summed E-state index contributed by atoms with van der Waals surface area (Å²) in [5.74, 6) is 0.895. The van der Waals surface area contributed by atoms with E-state index in [9.17, 15) is 4.79 Å². The standard InChI is InChI=1S/C5H9NOS/c1-5(6)2-3-8-4(5)7/h2-3,6H2,1H3. The largest absolute Gasteiger partial charge is 0.318 e. The summed E-state index contributed by atoms with van der Waals surface area (Å²) >= 11 is 1.34. The van der Waals surface area contributed by atoms with E-state index in [-0.39, 0.29) is 5.12 Å². The Labute approximate surface area is 52.8 Å². The maximum atomic E-state index is 10.7. The van der Waals surface area contributed by atoms with Crippen molar-refractivity contribution in [3.63, 3.8) is 0 Å². The van der Waals surface area contributed by atoms with E-state index in [1.165, 1.54) is 11.8 Å². The van der Waals surface area contributed by atoms with Crippen LogP contribution in [0.4, 0.5) is 0 Å². The van der Waals surface area contributed by atoms with Crippen LogP contribution in [-0.4, -0.2) is 16.4 Å². The molecule has 1 aliphatic heterocycles. The fourth-order valence-electron chi connectivity index (χ4n) is 0.623. The van der Waals surface area contributed by atoms with Crippen molar-refractivity contribution in [3.05, 3.63) is 0 Å². The Hall–Kier alpha value is -0.0200. The molecule has 1 fully saturated rings. The minimum atomic E-state index is -0.523. The van der Waals surface area contributed by atoms with Crippen molar-refractivity contribution in [1.82, 2.24) is 0 Å². The third-order valence-electron chi connectivity index (χ3n) is 1.32. The fraction of sp³-hybridized carbons (Fsp3) is 0.800. The molecular formula is C5H9NOS. The Morgan fingerprint density at radius 1 is 1.88 bits per heavy atom. The zero-order chi connectivity index (χ0) is 6.20. The Balaban J connectivity index is 2.68. The van der Waals surface area contributed by atoms with Crippen LogP contribution < -0.4 is 5.73 Å². The number of thioether (sulfide) groups is 1. The molecule has 0 aromatic rings. The molecule has 0 spiro atoms. The van der Waals surface area contributed by atoms with E-state index in [1.807, 2.05) is 0 Å². The Kier molecular flexibility index (Phi) is 1.33. The summed E-state index contributed by atoms with van der Waals surface area (Å²) in [6, 6.07) is 0. The van der Waals surface area contributed by atoms with Gasteiger partial charge in [0.05, 0.1) is 5.54 Å². The van der Waals surface area contributed by atoms with Crippen LogP contribution >= 0.6 is 11.8 Å². The van der Waals surface area contributed by atoms with E-state index in [0.29, 0.717) is 0 Å². The molecule has 0 bridgehead atoms. The SMILES string of the molecule is CC1(N)CCSC1=O. The first-order valence-electron chi connectivity index (χ1n) is 2.59. The first kappa shape index (κ1) is 6.11. The summed E-state index contributed by atoms with van der Waals surface area (Å²) in [4.78, 5) is 10.7. The van der Waals surface area contributed by atoms with Gasteiger partial charge in [-0.2, -0.15) is 0 Å². The highest BCUT2D eigenvalue weighted by atomic mass is 32.2. The highest BCUT2D eigenvalue weighted by molar-refractivity contribution is 8.14. The summed E-state index contributed by atoms with van der Waals surface area (Å²) in [6.45, 7) is 1.79. The van der Waals surface area contributed by atoms with Crippen LogP contribution in [0, 0.1) is 0 Å². The van der Waals surface area contributed by atoms with Crippen molar-refractivity contribution in [1.29, 1.82) is 0 Å². The highest BCUT2D eigenvalue weighted by Crippen LogP contribution is 2.26. The molecule has 2 nitrogen and oxygen atoms in total. The number of carbonyl (C=O) groups excluding carboxylic acids is 1. The minimum Gasteiger partial charge on any atom is -0.318 e. The van der Waals surface area contributed by atoms with Gasteiger partial charge in [0.15, 0.2) is 0 Å². The van der Waals surface area contributed by atoms with Crippen LogP contribution in [0.2, 0.25) is 0 Å². The quantitative estimate of drug-likeness (QED) is 0.516. The Morgan fingerprint density at radius 2 is 2.50 bits per heavy atom. The van der Waals surface area contributed by atoms with Gasteiger partial charge >= 0.3 is 0 Å². The van der Waals surface area contributed by atoms with Gasteiger partial charge in [-0.25, -0.2) is 0 Å². The van der Waals surface area contributed by atoms with E-state index < -0.39 is 5.54 Å².